The summed E-state index contributed by atoms with van der Waals surface area (Å²) in [5.74, 6) is 1.15. The topological polar surface area (TPSA) is 77.2 Å². The molecule has 0 unspecified atom stereocenters. The summed E-state index contributed by atoms with van der Waals surface area (Å²) in [6.07, 6.45) is 3.86. The van der Waals surface area contributed by atoms with Gasteiger partial charge in [0, 0.05) is 70.5 Å². The highest BCUT2D eigenvalue weighted by atomic mass is 127. The van der Waals surface area contributed by atoms with Crippen LogP contribution in [0.3, 0.4) is 0 Å². The molecule has 0 saturated carbocycles. The van der Waals surface area contributed by atoms with Crippen molar-refractivity contribution in [2.45, 2.75) is 32.7 Å². The lowest BCUT2D eigenvalue weighted by Gasteiger charge is -2.36. The second kappa shape index (κ2) is 12.2. The lowest BCUT2D eigenvalue weighted by atomic mass is 10.2. The third-order valence-electron chi connectivity index (χ3n) is 5.88. The summed E-state index contributed by atoms with van der Waals surface area (Å²) in [7, 11) is 0. The van der Waals surface area contributed by atoms with Crippen molar-refractivity contribution in [3.63, 3.8) is 0 Å². The summed E-state index contributed by atoms with van der Waals surface area (Å²) >= 11 is 0. The first-order valence-electron chi connectivity index (χ1n) is 11.3. The zero-order valence-electron chi connectivity index (χ0n) is 18.7. The molecule has 0 spiro atoms. The van der Waals surface area contributed by atoms with E-state index in [2.05, 4.69) is 33.3 Å². The van der Waals surface area contributed by atoms with Crippen molar-refractivity contribution in [3.05, 3.63) is 47.9 Å². The van der Waals surface area contributed by atoms with Crippen LogP contribution in [-0.4, -0.2) is 72.6 Å². The third kappa shape index (κ3) is 6.22. The van der Waals surface area contributed by atoms with Crippen molar-refractivity contribution >= 4 is 41.5 Å². The molecule has 9 heteroatoms. The summed E-state index contributed by atoms with van der Waals surface area (Å²) < 4.78 is 4.93. The van der Waals surface area contributed by atoms with Crippen LogP contribution < -0.4 is 10.2 Å². The van der Waals surface area contributed by atoms with E-state index in [1.54, 1.807) is 6.26 Å². The number of para-hydroxylation sites is 1. The Bertz CT molecular complexity index is 880. The number of carbonyl (C=O) groups is 1. The quantitative estimate of drug-likeness (QED) is 0.247. The minimum atomic E-state index is 0. The van der Waals surface area contributed by atoms with E-state index in [-0.39, 0.29) is 29.9 Å². The first kappa shape index (κ1) is 24.5. The van der Waals surface area contributed by atoms with Gasteiger partial charge in [-0.2, -0.15) is 0 Å². The number of nitrogens with one attached hydrogen (secondary N) is 1. The summed E-state index contributed by atoms with van der Waals surface area (Å²) in [4.78, 5) is 24.1. The molecule has 1 fully saturated rings. The van der Waals surface area contributed by atoms with Crippen LogP contribution in [0.2, 0.25) is 0 Å². The molecule has 1 aromatic heterocycles. The standard InChI is InChI=1S/C23H32N6O2.HI/c1-2-24-23(28-15-13-27(14-16-28)18-20-10-17-31-26-20)25-11-5-8-22(30)29-12-9-19-6-3-4-7-21(19)29;/h3-4,6-7,10,17H,2,5,8-9,11-16,18H2,1H3,(H,24,25);1H. The van der Waals surface area contributed by atoms with Gasteiger partial charge in [-0.1, -0.05) is 23.4 Å². The van der Waals surface area contributed by atoms with Crippen LogP contribution in [0.1, 0.15) is 31.0 Å². The zero-order chi connectivity index (χ0) is 21.5. The number of anilines is 1. The molecule has 0 bridgehead atoms. The Morgan fingerprint density at radius 1 is 1.16 bits per heavy atom. The number of halogens is 1. The van der Waals surface area contributed by atoms with Crippen LogP contribution in [0.25, 0.3) is 0 Å². The maximum atomic E-state index is 12.7. The molecule has 4 rings (SSSR count). The Kier molecular flexibility index (Phi) is 9.34. The van der Waals surface area contributed by atoms with E-state index < -0.39 is 0 Å². The molecule has 174 valence electrons. The Balaban J connectivity index is 0.00000289. The molecule has 2 aromatic rings. The van der Waals surface area contributed by atoms with Crippen molar-refractivity contribution < 1.29 is 9.32 Å². The first-order chi connectivity index (χ1) is 15.2. The van der Waals surface area contributed by atoms with Crippen LogP contribution in [0, 0.1) is 0 Å². The van der Waals surface area contributed by atoms with Crippen molar-refractivity contribution in [1.82, 2.24) is 20.3 Å². The van der Waals surface area contributed by atoms with E-state index in [0.717, 1.165) is 76.0 Å². The molecule has 8 nitrogen and oxygen atoms in total. The molecule has 0 radical (unpaired) electrons. The molecule has 1 aromatic carbocycles. The number of guanidine groups is 1. The number of amides is 1. The van der Waals surface area contributed by atoms with Gasteiger partial charge in [0.25, 0.3) is 0 Å². The summed E-state index contributed by atoms with van der Waals surface area (Å²) in [6, 6.07) is 10.1. The number of benzene rings is 1. The fourth-order valence-corrected chi connectivity index (χ4v) is 4.24. The number of aliphatic imine (C=N–C) groups is 1. The monoisotopic (exact) mass is 552 g/mol. The molecule has 0 atom stereocenters. The number of fused-ring (bicyclic) bond motifs is 1. The summed E-state index contributed by atoms with van der Waals surface area (Å²) in [5, 5.41) is 7.41. The largest absolute Gasteiger partial charge is 0.364 e. The van der Waals surface area contributed by atoms with Gasteiger partial charge in [0.15, 0.2) is 5.96 Å². The third-order valence-corrected chi connectivity index (χ3v) is 5.88. The van der Waals surface area contributed by atoms with E-state index in [0.29, 0.717) is 13.0 Å². The van der Waals surface area contributed by atoms with Gasteiger partial charge in [0.2, 0.25) is 5.91 Å². The summed E-state index contributed by atoms with van der Waals surface area (Å²) in [5.41, 5.74) is 3.32. The van der Waals surface area contributed by atoms with Gasteiger partial charge in [-0.15, -0.1) is 24.0 Å². The molecular weight excluding hydrogens is 519 g/mol. The molecule has 2 aliphatic rings. The number of rotatable bonds is 7. The highest BCUT2D eigenvalue weighted by molar-refractivity contribution is 14.0. The predicted molar refractivity (Wildman–Crippen MR) is 136 cm³/mol. The minimum Gasteiger partial charge on any atom is -0.364 e. The molecular formula is C23H33IN6O2. The van der Waals surface area contributed by atoms with Crippen molar-refractivity contribution in [2.75, 3.05) is 50.7 Å². The maximum absolute atomic E-state index is 12.7. The minimum absolute atomic E-state index is 0. The average Bonchev–Trinajstić information content (AvgIpc) is 3.46. The van der Waals surface area contributed by atoms with Gasteiger partial charge in [-0.3, -0.25) is 14.7 Å². The molecule has 3 heterocycles. The lowest BCUT2D eigenvalue weighted by molar-refractivity contribution is -0.118. The SMILES string of the molecule is CCNC(=NCCCC(=O)N1CCc2ccccc21)N1CCN(Cc2ccon2)CC1.I. The first-order valence-corrected chi connectivity index (χ1v) is 11.3. The average molecular weight is 552 g/mol. The van der Waals surface area contributed by atoms with Gasteiger partial charge in [0.05, 0.1) is 5.69 Å². The highest BCUT2D eigenvalue weighted by Crippen LogP contribution is 2.28. The van der Waals surface area contributed by atoms with Gasteiger partial charge >= 0.3 is 0 Å². The Labute approximate surface area is 207 Å². The van der Waals surface area contributed by atoms with Crippen LogP contribution in [-0.2, 0) is 17.8 Å². The Hall–Kier alpha value is -2.14. The van der Waals surface area contributed by atoms with E-state index in [1.165, 1.54) is 5.56 Å². The number of carbonyl (C=O) groups excluding carboxylic acids is 1. The van der Waals surface area contributed by atoms with Crippen molar-refractivity contribution in [1.29, 1.82) is 0 Å². The summed E-state index contributed by atoms with van der Waals surface area (Å²) in [6.45, 7) is 8.96. The molecule has 1 amide bonds. The number of aromatic nitrogens is 1. The number of hydrogen-bond donors (Lipinski definition) is 1. The second-order valence-electron chi connectivity index (χ2n) is 8.02. The number of nitrogens with zero attached hydrogens (tertiary/aromatic N) is 5. The number of hydrogen-bond acceptors (Lipinski definition) is 5. The smallest absolute Gasteiger partial charge is 0.227 e. The van der Waals surface area contributed by atoms with E-state index in [4.69, 9.17) is 9.52 Å². The Morgan fingerprint density at radius 2 is 1.97 bits per heavy atom. The van der Waals surface area contributed by atoms with E-state index in [1.807, 2.05) is 29.2 Å². The van der Waals surface area contributed by atoms with Gasteiger partial charge in [0.1, 0.15) is 6.26 Å². The number of piperazine rings is 1. The van der Waals surface area contributed by atoms with Crippen LogP contribution >= 0.6 is 24.0 Å². The van der Waals surface area contributed by atoms with E-state index in [9.17, 15) is 4.79 Å². The lowest BCUT2D eigenvalue weighted by Crippen LogP contribution is -2.52. The molecule has 1 N–H and O–H groups in total. The molecule has 32 heavy (non-hydrogen) atoms. The van der Waals surface area contributed by atoms with Gasteiger partial charge in [-0.05, 0) is 31.4 Å². The Morgan fingerprint density at radius 3 is 2.72 bits per heavy atom. The zero-order valence-corrected chi connectivity index (χ0v) is 21.0. The van der Waals surface area contributed by atoms with Crippen molar-refractivity contribution in [3.8, 4) is 0 Å². The fraction of sp³-hybridized carbons (Fsp3) is 0.522. The van der Waals surface area contributed by atoms with Gasteiger partial charge in [-0.25, -0.2) is 0 Å². The highest BCUT2D eigenvalue weighted by Gasteiger charge is 2.24. The maximum Gasteiger partial charge on any atom is 0.227 e. The van der Waals surface area contributed by atoms with E-state index >= 15 is 0 Å². The normalized spacial score (nSPS) is 16.6. The fourth-order valence-electron chi connectivity index (χ4n) is 4.24. The molecule has 2 aliphatic heterocycles. The van der Waals surface area contributed by atoms with Crippen LogP contribution in [0.15, 0.2) is 46.1 Å². The van der Waals surface area contributed by atoms with Crippen LogP contribution in [0.4, 0.5) is 5.69 Å². The second-order valence-corrected chi connectivity index (χ2v) is 8.02. The van der Waals surface area contributed by atoms with Crippen molar-refractivity contribution in [2.24, 2.45) is 4.99 Å². The predicted octanol–water partition coefficient (Wildman–Crippen LogP) is 2.75. The van der Waals surface area contributed by atoms with Gasteiger partial charge < -0.3 is 19.6 Å². The molecule has 0 aliphatic carbocycles. The van der Waals surface area contributed by atoms with Crippen LogP contribution in [0.5, 0.6) is 0 Å². The molecule has 1 saturated heterocycles.